The first-order valence-electron chi connectivity index (χ1n) is 5.91. The predicted molar refractivity (Wildman–Crippen MR) is 73.7 cm³/mol. The Kier molecular flexibility index (Phi) is 4.41. The van der Waals surface area contributed by atoms with Gasteiger partial charge in [-0.1, -0.05) is 11.6 Å². The quantitative estimate of drug-likeness (QED) is 0.798. The van der Waals surface area contributed by atoms with Gasteiger partial charge < -0.3 is 10.4 Å². The van der Waals surface area contributed by atoms with Gasteiger partial charge >= 0.3 is 5.97 Å². The number of halogens is 1. The van der Waals surface area contributed by atoms with E-state index in [2.05, 4.69) is 10.4 Å². The van der Waals surface area contributed by atoms with Gasteiger partial charge in [-0.15, -0.1) is 0 Å². The Balaban J connectivity index is 1.91. The molecule has 0 radical (unpaired) electrons. The van der Waals surface area contributed by atoms with Gasteiger partial charge in [-0.25, -0.2) is 4.79 Å². The highest BCUT2D eigenvalue weighted by molar-refractivity contribution is 6.31. The van der Waals surface area contributed by atoms with E-state index >= 15 is 0 Å². The van der Waals surface area contributed by atoms with E-state index in [0.717, 1.165) is 13.0 Å². The second kappa shape index (κ2) is 6.24. The molecule has 6 heteroatoms. The molecule has 100 valence electrons. The number of carbonyl (C=O) groups is 1. The Hall–Kier alpha value is -2.01. The molecule has 0 aliphatic rings. The average molecular weight is 280 g/mol. The van der Waals surface area contributed by atoms with Gasteiger partial charge in [0.25, 0.3) is 0 Å². The fourth-order valence-electron chi connectivity index (χ4n) is 1.75. The number of nitrogens with zero attached hydrogens (tertiary/aromatic N) is 2. The zero-order valence-electron chi connectivity index (χ0n) is 10.2. The fraction of sp³-hybridized carbons (Fsp3) is 0.231. The van der Waals surface area contributed by atoms with Crippen LogP contribution < -0.4 is 5.32 Å². The molecule has 5 nitrogen and oxygen atoms in total. The number of aromatic carboxylic acids is 1. The topological polar surface area (TPSA) is 67.2 Å². The van der Waals surface area contributed by atoms with E-state index < -0.39 is 5.97 Å². The van der Waals surface area contributed by atoms with Gasteiger partial charge in [0.05, 0.1) is 11.3 Å². The van der Waals surface area contributed by atoms with Crippen LogP contribution in [0.15, 0.2) is 36.7 Å². The third-order valence-corrected chi connectivity index (χ3v) is 2.89. The normalized spacial score (nSPS) is 10.4. The number of nitrogens with one attached hydrogen (secondary N) is 1. The SMILES string of the molecule is O=C(O)c1ccc(Cl)cc1NCCCn1cccn1. The van der Waals surface area contributed by atoms with Crippen molar-refractivity contribution in [1.82, 2.24) is 9.78 Å². The summed E-state index contributed by atoms with van der Waals surface area (Å²) >= 11 is 5.87. The summed E-state index contributed by atoms with van der Waals surface area (Å²) < 4.78 is 1.83. The molecule has 1 aromatic heterocycles. The van der Waals surface area contributed by atoms with Crippen molar-refractivity contribution in [1.29, 1.82) is 0 Å². The van der Waals surface area contributed by atoms with E-state index in [1.807, 2.05) is 16.9 Å². The highest BCUT2D eigenvalue weighted by Gasteiger charge is 2.09. The second-order valence-electron chi connectivity index (χ2n) is 4.04. The monoisotopic (exact) mass is 279 g/mol. The first-order valence-corrected chi connectivity index (χ1v) is 6.29. The van der Waals surface area contributed by atoms with E-state index in [1.54, 1.807) is 18.3 Å². The molecule has 2 N–H and O–H groups in total. The van der Waals surface area contributed by atoms with Crippen LogP contribution in [0, 0.1) is 0 Å². The van der Waals surface area contributed by atoms with E-state index in [4.69, 9.17) is 16.7 Å². The molecular weight excluding hydrogens is 266 g/mol. The van der Waals surface area contributed by atoms with Crippen LogP contribution in [-0.4, -0.2) is 27.4 Å². The van der Waals surface area contributed by atoms with Crippen LogP contribution >= 0.6 is 11.6 Å². The number of carboxylic acids is 1. The number of aromatic nitrogens is 2. The molecule has 2 rings (SSSR count). The Morgan fingerprint density at radius 1 is 1.47 bits per heavy atom. The maximum atomic E-state index is 11.1. The van der Waals surface area contributed by atoms with E-state index in [9.17, 15) is 4.79 Å². The van der Waals surface area contributed by atoms with Gasteiger partial charge in [-0.3, -0.25) is 4.68 Å². The number of aryl methyl sites for hydroxylation is 1. The largest absolute Gasteiger partial charge is 0.478 e. The maximum Gasteiger partial charge on any atom is 0.337 e. The summed E-state index contributed by atoms with van der Waals surface area (Å²) in [5.74, 6) is -0.966. The van der Waals surface area contributed by atoms with Crippen molar-refractivity contribution in [3.63, 3.8) is 0 Å². The minimum Gasteiger partial charge on any atom is -0.478 e. The summed E-state index contributed by atoms with van der Waals surface area (Å²) in [4.78, 5) is 11.1. The summed E-state index contributed by atoms with van der Waals surface area (Å²) in [5, 5.41) is 16.8. The maximum absolute atomic E-state index is 11.1. The zero-order chi connectivity index (χ0) is 13.7. The smallest absolute Gasteiger partial charge is 0.337 e. The Bertz CT molecular complexity index is 555. The van der Waals surface area contributed by atoms with Crippen molar-refractivity contribution in [2.75, 3.05) is 11.9 Å². The summed E-state index contributed by atoms with van der Waals surface area (Å²) in [6.07, 6.45) is 4.46. The van der Waals surface area contributed by atoms with Gasteiger partial charge in [0, 0.05) is 30.5 Å². The molecule has 0 amide bonds. The molecule has 0 aliphatic heterocycles. The van der Waals surface area contributed by atoms with Gasteiger partial charge in [0.15, 0.2) is 0 Å². The summed E-state index contributed by atoms with van der Waals surface area (Å²) in [6, 6.07) is 6.56. The average Bonchev–Trinajstić information content (AvgIpc) is 2.87. The third kappa shape index (κ3) is 3.72. The molecule has 0 unspecified atom stereocenters. The predicted octanol–water partition coefficient (Wildman–Crippen LogP) is 2.74. The number of rotatable bonds is 6. The molecule has 0 atom stereocenters. The fourth-order valence-corrected chi connectivity index (χ4v) is 1.92. The first kappa shape index (κ1) is 13.4. The van der Waals surface area contributed by atoms with E-state index in [-0.39, 0.29) is 5.56 Å². The summed E-state index contributed by atoms with van der Waals surface area (Å²) in [7, 11) is 0. The first-order chi connectivity index (χ1) is 9.16. The molecular formula is C13H14ClN3O2. The molecule has 0 fully saturated rings. The highest BCUT2D eigenvalue weighted by Crippen LogP contribution is 2.21. The number of anilines is 1. The molecule has 0 bridgehead atoms. The Morgan fingerprint density at radius 2 is 2.32 bits per heavy atom. The van der Waals surface area contributed by atoms with Crippen LogP contribution in [0.4, 0.5) is 5.69 Å². The van der Waals surface area contributed by atoms with Crippen LogP contribution in [0.2, 0.25) is 5.02 Å². The molecule has 1 aromatic carbocycles. The van der Waals surface area contributed by atoms with Crippen LogP contribution in [0.5, 0.6) is 0 Å². The standard InChI is InChI=1S/C13H14ClN3O2/c14-10-3-4-11(13(18)19)12(9-10)15-5-1-7-17-8-2-6-16-17/h2-4,6,8-9,15H,1,5,7H2,(H,18,19). The van der Waals surface area contributed by atoms with E-state index in [1.165, 1.54) is 6.07 Å². The molecule has 0 saturated carbocycles. The lowest BCUT2D eigenvalue weighted by atomic mass is 10.2. The summed E-state index contributed by atoms with van der Waals surface area (Å²) in [6.45, 7) is 1.43. The molecule has 2 aromatic rings. The van der Waals surface area contributed by atoms with Gasteiger partial charge in [-0.05, 0) is 30.7 Å². The number of hydrogen-bond acceptors (Lipinski definition) is 3. The molecule has 0 aliphatic carbocycles. The van der Waals surface area contributed by atoms with Crippen molar-refractivity contribution in [2.24, 2.45) is 0 Å². The van der Waals surface area contributed by atoms with Crippen molar-refractivity contribution >= 4 is 23.3 Å². The molecule has 0 saturated heterocycles. The number of hydrogen-bond donors (Lipinski definition) is 2. The molecule has 1 heterocycles. The van der Waals surface area contributed by atoms with Crippen LogP contribution in [0.1, 0.15) is 16.8 Å². The van der Waals surface area contributed by atoms with Crippen molar-refractivity contribution in [3.05, 3.63) is 47.2 Å². The lowest BCUT2D eigenvalue weighted by Gasteiger charge is -2.10. The number of carboxylic acid groups (broad SMARTS) is 1. The van der Waals surface area contributed by atoms with Gasteiger partial charge in [0.2, 0.25) is 0 Å². The van der Waals surface area contributed by atoms with Crippen molar-refractivity contribution in [2.45, 2.75) is 13.0 Å². The zero-order valence-corrected chi connectivity index (χ0v) is 11.0. The molecule has 19 heavy (non-hydrogen) atoms. The van der Waals surface area contributed by atoms with Crippen LogP contribution in [0.25, 0.3) is 0 Å². The number of benzene rings is 1. The van der Waals surface area contributed by atoms with Crippen LogP contribution in [-0.2, 0) is 6.54 Å². The highest BCUT2D eigenvalue weighted by atomic mass is 35.5. The van der Waals surface area contributed by atoms with E-state index in [0.29, 0.717) is 17.3 Å². The minimum atomic E-state index is -0.966. The Morgan fingerprint density at radius 3 is 3.00 bits per heavy atom. The third-order valence-electron chi connectivity index (χ3n) is 2.65. The molecule has 0 spiro atoms. The lowest BCUT2D eigenvalue weighted by molar-refractivity contribution is 0.0698. The Labute approximate surface area is 115 Å². The van der Waals surface area contributed by atoms with Crippen molar-refractivity contribution in [3.8, 4) is 0 Å². The van der Waals surface area contributed by atoms with Crippen molar-refractivity contribution < 1.29 is 9.90 Å². The summed E-state index contributed by atoms with van der Waals surface area (Å²) in [5.41, 5.74) is 0.768. The van der Waals surface area contributed by atoms with Gasteiger partial charge in [0.1, 0.15) is 0 Å². The minimum absolute atomic E-state index is 0.225. The van der Waals surface area contributed by atoms with Gasteiger partial charge in [-0.2, -0.15) is 5.10 Å². The van der Waals surface area contributed by atoms with Crippen LogP contribution in [0.3, 0.4) is 0 Å². The second-order valence-corrected chi connectivity index (χ2v) is 4.48. The lowest BCUT2D eigenvalue weighted by Crippen LogP contribution is -2.10.